The van der Waals surface area contributed by atoms with Crippen molar-refractivity contribution in [2.45, 2.75) is 32.2 Å². The smallest absolute Gasteiger partial charge is 0.123 e. The quantitative estimate of drug-likeness (QED) is 0.322. The van der Waals surface area contributed by atoms with E-state index in [1.54, 1.807) is 0 Å². The first-order chi connectivity index (χ1) is 17.5. The molecule has 2 fully saturated rings. The van der Waals surface area contributed by atoms with Crippen LogP contribution >= 0.6 is 0 Å². The number of rotatable bonds is 9. The maximum absolute atomic E-state index is 13.6. The minimum absolute atomic E-state index is 0.00922. The van der Waals surface area contributed by atoms with Crippen LogP contribution < -0.4 is 0 Å². The highest BCUT2D eigenvalue weighted by Gasteiger charge is 2.28. The Kier molecular flexibility index (Phi) is 7.93. The third-order valence-electron chi connectivity index (χ3n) is 7.78. The van der Waals surface area contributed by atoms with Gasteiger partial charge in [-0.2, -0.15) is 0 Å². The lowest BCUT2D eigenvalue weighted by molar-refractivity contribution is 0.118. The lowest BCUT2D eigenvalue weighted by Gasteiger charge is -2.39. The van der Waals surface area contributed by atoms with Crippen LogP contribution in [0.25, 0.3) is 6.08 Å². The van der Waals surface area contributed by atoms with E-state index in [2.05, 4.69) is 53.1 Å². The highest BCUT2D eigenvalue weighted by molar-refractivity contribution is 5.49. The Morgan fingerprint density at radius 2 is 1.33 bits per heavy atom. The largest absolute Gasteiger partial charge is 0.297 e. The Hall–Kier alpha value is -2.82. The van der Waals surface area contributed by atoms with E-state index in [0.29, 0.717) is 0 Å². The monoisotopic (exact) mass is 486 g/mol. The average molecular weight is 487 g/mol. The van der Waals surface area contributed by atoms with E-state index in [1.165, 1.54) is 54.7 Å². The van der Waals surface area contributed by atoms with Crippen LogP contribution in [0.1, 0.15) is 48.1 Å². The molecule has 188 valence electrons. The van der Waals surface area contributed by atoms with Gasteiger partial charge in [-0.15, -0.1) is 0 Å². The van der Waals surface area contributed by atoms with E-state index in [-0.39, 0.29) is 17.7 Å². The van der Waals surface area contributed by atoms with Crippen molar-refractivity contribution in [1.29, 1.82) is 0 Å². The van der Waals surface area contributed by atoms with Gasteiger partial charge in [-0.3, -0.25) is 9.80 Å². The van der Waals surface area contributed by atoms with Gasteiger partial charge >= 0.3 is 0 Å². The second-order valence-electron chi connectivity index (χ2n) is 10.5. The minimum Gasteiger partial charge on any atom is -0.297 e. The zero-order chi connectivity index (χ0) is 24.9. The van der Waals surface area contributed by atoms with Crippen molar-refractivity contribution in [3.8, 4) is 0 Å². The molecule has 36 heavy (non-hydrogen) atoms. The van der Waals surface area contributed by atoms with Crippen molar-refractivity contribution >= 4 is 6.08 Å². The molecule has 0 spiro atoms. The van der Waals surface area contributed by atoms with Crippen LogP contribution in [0, 0.1) is 23.5 Å². The van der Waals surface area contributed by atoms with Crippen LogP contribution in [0.3, 0.4) is 0 Å². The Morgan fingerprint density at radius 3 is 1.86 bits per heavy atom. The maximum Gasteiger partial charge on any atom is 0.123 e. The lowest BCUT2D eigenvalue weighted by atomic mass is 9.96. The van der Waals surface area contributed by atoms with Crippen LogP contribution in [0.4, 0.5) is 8.78 Å². The summed E-state index contributed by atoms with van der Waals surface area (Å²) in [6.45, 7) is 7.03. The van der Waals surface area contributed by atoms with Crippen LogP contribution in [0.5, 0.6) is 0 Å². The molecule has 3 aromatic carbocycles. The van der Waals surface area contributed by atoms with Gasteiger partial charge < -0.3 is 0 Å². The van der Waals surface area contributed by atoms with Crippen molar-refractivity contribution in [1.82, 2.24) is 9.80 Å². The highest BCUT2D eigenvalue weighted by atomic mass is 19.1. The van der Waals surface area contributed by atoms with E-state index in [4.69, 9.17) is 0 Å². The fourth-order valence-electron chi connectivity index (χ4n) is 5.41. The third-order valence-corrected chi connectivity index (χ3v) is 7.78. The van der Waals surface area contributed by atoms with Gasteiger partial charge in [0.1, 0.15) is 11.6 Å². The molecule has 0 radical (unpaired) electrons. The molecule has 0 amide bonds. The molecule has 1 saturated heterocycles. The summed E-state index contributed by atoms with van der Waals surface area (Å²) in [5.41, 5.74) is 4.77. The first-order valence-corrected chi connectivity index (χ1v) is 13.3. The molecule has 1 aliphatic heterocycles. The van der Waals surface area contributed by atoms with Crippen molar-refractivity contribution in [3.05, 3.63) is 113 Å². The average Bonchev–Trinajstić information content (AvgIpc) is 3.74. The summed E-state index contributed by atoms with van der Waals surface area (Å²) < 4.78 is 27.1. The van der Waals surface area contributed by atoms with Gasteiger partial charge in [-0.1, -0.05) is 67.6 Å². The molecule has 0 aromatic heterocycles. The van der Waals surface area contributed by atoms with Gasteiger partial charge in [0.05, 0.1) is 6.04 Å². The minimum atomic E-state index is -0.240. The zero-order valence-electron chi connectivity index (χ0n) is 21.1. The molecule has 1 aliphatic carbocycles. The second-order valence-corrected chi connectivity index (χ2v) is 10.5. The third kappa shape index (κ3) is 6.48. The van der Waals surface area contributed by atoms with Crippen LogP contribution in [0.15, 0.2) is 78.9 Å². The summed E-state index contributed by atoms with van der Waals surface area (Å²) in [5, 5.41) is 0. The molecule has 2 nitrogen and oxygen atoms in total. The summed E-state index contributed by atoms with van der Waals surface area (Å²) >= 11 is 0. The van der Waals surface area contributed by atoms with Gasteiger partial charge in [0.15, 0.2) is 0 Å². The normalized spacial score (nSPS) is 18.2. The standard InChI is InChI=1S/C32H36F2N2/c1-24(27-8-9-27)23-26-6-4-25(5-7-26)3-2-18-35-19-21-36(22-20-35)32(28-10-14-30(33)15-11-28)29-12-16-31(34)17-13-29/h2-7,10-17,24,27,32H,8-9,18-23H2,1H3/b3-2+. The molecular formula is C32H36F2N2. The number of benzene rings is 3. The van der Waals surface area contributed by atoms with Crippen molar-refractivity contribution in [2.75, 3.05) is 32.7 Å². The van der Waals surface area contributed by atoms with Crippen LogP contribution in [0.2, 0.25) is 0 Å². The molecule has 3 aromatic rings. The van der Waals surface area contributed by atoms with Crippen molar-refractivity contribution in [3.63, 3.8) is 0 Å². The molecule has 1 saturated carbocycles. The van der Waals surface area contributed by atoms with Gasteiger partial charge in [-0.25, -0.2) is 8.78 Å². The Morgan fingerprint density at radius 1 is 0.778 bits per heavy atom. The number of hydrogen-bond donors (Lipinski definition) is 0. The molecule has 5 rings (SSSR count). The summed E-state index contributed by atoms with van der Waals surface area (Å²) in [6, 6.07) is 22.4. The zero-order valence-corrected chi connectivity index (χ0v) is 21.1. The number of halogens is 2. The van der Waals surface area contributed by atoms with Gasteiger partial charge in [0.2, 0.25) is 0 Å². The van der Waals surface area contributed by atoms with Crippen molar-refractivity contribution in [2.24, 2.45) is 11.8 Å². The fourth-order valence-corrected chi connectivity index (χ4v) is 5.41. The lowest BCUT2D eigenvalue weighted by Crippen LogP contribution is -2.47. The molecular weight excluding hydrogens is 450 g/mol. The number of piperazine rings is 1. The fraction of sp³-hybridized carbons (Fsp3) is 0.375. The summed E-state index contributed by atoms with van der Waals surface area (Å²) in [6.07, 6.45) is 8.50. The maximum atomic E-state index is 13.6. The Balaban J connectivity index is 1.16. The summed E-state index contributed by atoms with van der Waals surface area (Å²) in [4.78, 5) is 4.88. The van der Waals surface area contributed by atoms with Crippen LogP contribution in [-0.4, -0.2) is 42.5 Å². The second kappa shape index (κ2) is 11.5. The van der Waals surface area contributed by atoms with Gasteiger partial charge in [0.25, 0.3) is 0 Å². The van der Waals surface area contributed by atoms with E-state index >= 15 is 0 Å². The molecule has 1 atom stereocenters. The van der Waals surface area contributed by atoms with E-state index in [0.717, 1.165) is 55.7 Å². The molecule has 0 N–H and O–H groups in total. The highest BCUT2D eigenvalue weighted by Crippen LogP contribution is 2.38. The molecule has 2 aliphatic rings. The Bertz CT molecular complexity index is 1080. The predicted molar refractivity (Wildman–Crippen MR) is 144 cm³/mol. The number of nitrogens with zero attached hydrogens (tertiary/aromatic N) is 2. The molecule has 1 heterocycles. The SMILES string of the molecule is CC(Cc1ccc(/C=C/CN2CCN(C(c3ccc(F)cc3)c3ccc(F)cc3)CC2)cc1)C1CC1. The number of hydrogen-bond acceptors (Lipinski definition) is 2. The predicted octanol–water partition coefficient (Wildman–Crippen LogP) is 6.97. The summed E-state index contributed by atoms with van der Waals surface area (Å²) in [7, 11) is 0. The van der Waals surface area contributed by atoms with Gasteiger partial charge in [0, 0.05) is 32.7 Å². The van der Waals surface area contributed by atoms with Crippen molar-refractivity contribution < 1.29 is 8.78 Å². The topological polar surface area (TPSA) is 6.48 Å². The van der Waals surface area contributed by atoms with E-state index < -0.39 is 0 Å². The molecule has 1 unspecified atom stereocenters. The molecule has 0 bridgehead atoms. The first kappa shape index (κ1) is 24.9. The van der Waals surface area contributed by atoms with Gasteiger partial charge in [-0.05, 0) is 77.6 Å². The first-order valence-electron chi connectivity index (χ1n) is 13.3. The molecule has 4 heteroatoms. The van der Waals surface area contributed by atoms with Crippen LogP contribution in [-0.2, 0) is 6.42 Å². The summed E-state index contributed by atoms with van der Waals surface area (Å²) in [5.74, 6) is 1.27. The van der Waals surface area contributed by atoms with E-state index in [1.807, 2.05) is 24.3 Å². The Labute approximate surface area is 214 Å². The van der Waals surface area contributed by atoms with E-state index in [9.17, 15) is 8.78 Å².